The average Bonchev–Trinajstić information content (AvgIpc) is 2.32. The molecule has 1 rings (SSSR count). The second-order valence-corrected chi connectivity index (χ2v) is 4.72. The van der Waals surface area contributed by atoms with Gasteiger partial charge in [-0.1, -0.05) is 23.8 Å². The molecular weight excluding hydrogens is 272 g/mol. The van der Waals surface area contributed by atoms with Gasteiger partial charge in [0.2, 0.25) is 0 Å². The number of benzene rings is 1. The Hall–Kier alpha value is -1.33. The van der Waals surface area contributed by atoms with Crippen molar-refractivity contribution >= 4 is 34.7 Å². The molecular formula is C12H15ClN2O2S. The number of carbonyl (C=O) groups is 1. The Morgan fingerprint density at radius 2 is 2.22 bits per heavy atom. The third-order valence-electron chi connectivity index (χ3n) is 2.49. The monoisotopic (exact) mass is 286 g/mol. The van der Waals surface area contributed by atoms with Crippen molar-refractivity contribution in [3.8, 4) is 5.75 Å². The highest BCUT2D eigenvalue weighted by molar-refractivity contribution is 7.80. The van der Waals surface area contributed by atoms with Gasteiger partial charge in [-0.2, -0.15) is 0 Å². The van der Waals surface area contributed by atoms with Crippen LogP contribution in [-0.2, 0) is 0 Å². The van der Waals surface area contributed by atoms with Crippen LogP contribution in [0.2, 0.25) is 5.02 Å². The fraction of sp³-hybridized carbons (Fsp3) is 0.333. The second kappa shape index (κ2) is 6.56. The smallest absolute Gasteiger partial charge is 0.257 e. The normalized spacial score (nSPS) is 10.1. The van der Waals surface area contributed by atoms with Gasteiger partial charge in [-0.15, -0.1) is 0 Å². The van der Waals surface area contributed by atoms with Gasteiger partial charge in [0, 0.05) is 24.5 Å². The van der Waals surface area contributed by atoms with Gasteiger partial charge in [0.15, 0.2) is 0 Å². The molecule has 0 saturated heterocycles. The number of carbonyl (C=O) groups excluding carboxylic acids is 1. The summed E-state index contributed by atoms with van der Waals surface area (Å²) in [5.74, 6) is -0.369. The second-order valence-electron chi connectivity index (χ2n) is 3.76. The molecule has 0 unspecified atom stereocenters. The summed E-state index contributed by atoms with van der Waals surface area (Å²) < 4.78 is 0. The molecule has 0 aliphatic rings. The first-order valence-corrected chi connectivity index (χ1v) is 6.30. The number of hydrogen-bond acceptors (Lipinski definition) is 3. The van der Waals surface area contributed by atoms with Gasteiger partial charge in [0.05, 0.1) is 10.6 Å². The lowest BCUT2D eigenvalue weighted by Gasteiger charge is -2.21. The van der Waals surface area contributed by atoms with Crippen molar-refractivity contribution in [3.63, 3.8) is 0 Å². The first kappa shape index (κ1) is 14.7. The van der Waals surface area contributed by atoms with Gasteiger partial charge in [-0.25, -0.2) is 0 Å². The molecule has 3 N–H and O–H groups in total. The van der Waals surface area contributed by atoms with Crippen molar-refractivity contribution in [1.82, 2.24) is 4.90 Å². The van der Waals surface area contributed by atoms with Crippen LogP contribution in [0.3, 0.4) is 0 Å². The fourth-order valence-corrected chi connectivity index (χ4v) is 1.76. The van der Waals surface area contributed by atoms with Gasteiger partial charge in [0.25, 0.3) is 5.91 Å². The summed E-state index contributed by atoms with van der Waals surface area (Å²) in [6, 6.07) is 4.37. The molecule has 0 heterocycles. The largest absolute Gasteiger partial charge is 0.507 e. The summed E-state index contributed by atoms with van der Waals surface area (Å²) in [7, 11) is 0. The van der Waals surface area contributed by atoms with E-state index in [9.17, 15) is 9.90 Å². The van der Waals surface area contributed by atoms with E-state index in [0.717, 1.165) is 0 Å². The van der Waals surface area contributed by atoms with Gasteiger partial charge in [-0.3, -0.25) is 4.79 Å². The summed E-state index contributed by atoms with van der Waals surface area (Å²) in [5.41, 5.74) is 5.60. The first-order valence-electron chi connectivity index (χ1n) is 5.51. The van der Waals surface area contributed by atoms with Crippen molar-refractivity contribution in [2.45, 2.75) is 13.3 Å². The summed E-state index contributed by atoms with van der Waals surface area (Å²) in [6.45, 7) is 2.78. The van der Waals surface area contributed by atoms with E-state index in [1.165, 1.54) is 18.2 Å². The number of aromatic hydroxyl groups is 1. The number of hydrogen-bond donors (Lipinski definition) is 2. The number of rotatable bonds is 5. The predicted molar refractivity (Wildman–Crippen MR) is 76.1 cm³/mol. The number of halogens is 1. The van der Waals surface area contributed by atoms with Crippen LogP contribution in [0.25, 0.3) is 0 Å². The van der Waals surface area contributed by atoms with E-state index in [4.69, 9.17) is 29.6 Å². The Labute approximate surface area is 116 Å². The number of nitrogens with two attached hydrogens (primary N) is 1. The Morgan fingerprint density at radius 1 is 1.56 bits per heavy atom. The van der Waals surface area contributed by atoms with Crippen LogP contribution >= 0.6 is 23.8 Å². The zero-order valence-electron chi connectivity index (χ0n) is 10.0. The van der Waals surface area contributed by atoms with Crippen molar-refractivity contribution in [2.75, 3.05) is 13.1 Å². The Morgan fingerprint density at radius 3 is 2.78 bits per heavy atom. The summed E-state index contributed by atoms with van der Waals surface area (Å²) >= 11 is 10.6. The van der Waals surface area contributed by atoms with Gasteiger partial charge < -0.3 is 15.7 Å². The number of nitrogens with zero attached hydrogens (tertiary/aromatic N) is 1. The van der Waals surface area contributed by atoms with Crippen LogP contribution < -0.4 is 5.73 Å². The minimum absolute atomic E-state index is 0.0850. The lowest BCUT2D eigenvalue weighted by molar-refractivity contribution is 0.0766. The van der Waals surface area contributed by atoms with Gasteiger partial charge in [0.1, 0.15) is 5.75 Å². The highest BCUT2D eigenvalue weighted by Gasteiger charge is 2.18. The highest BCUT2D eigenvalue weighted by atomic mass is 35.5. The number of phenols is 1. The van der Waals surface area contributed by atoms with E-state index in [2.05, 4.69) is 0 Å². The van der Waals surface area contributed by atoms with E-state index in [-0.39, 0.29) is 17.2 Å². The van der Waals surface area contributed by atoms with Crippen molar-refractivity contribution in [2.24, 2.45) is 5.73 Å². The minimum atomic E-state index is -0.284. The maximum atomic E-state index is 12.2. The van der Waals surface area contributed by atoms with E-state index >= 15 is 0 Å². The van der Waals surface area contributed by atoms with Crippen LogP contribution in [0.15, 0.2) is 18.2 Å². The van der Waals surface area contributed by atoms with Crippen LogP contribution in [0, 0.1) is 0 Å². The molecule has 0 bridgehead atoms. The van der Waals surface area contributed by atoms with E-state index in [1.54, 1.807) is 4.90 Å². The van der Waals surface area contributed by atoms with E-state index in [1.807, 2.05) is 6.92 Å². The zero-order valence-corrected chi connectivity index (χ0v) is 11.6. The molecule has 0 aromatic heterocycles. The Bertz CT molecular complexity index is 465. The molecule has 0 fully saturated rings. The minimum Gasteiger partial charge on any atom is -0.507 e. The lowest BCUT2D eigenvalue weighted by Crippen LogP contribution is -2.33. The quantitative estimate of drug-likeness (QED) is 0.814. The highest BCUT2D eigenvalue weighted by Crippen LogP contribution is 2.23. The Kier molecular flexibility index (Phi) is 5.37. The average molecular weight is 287 g/mol. The molecule has 0 saturated carbocycles. The molecule has 0 radical (unpaired) electrons. The van der Waals surface area contributed by atoms with Crippen molar-refractivity contribution in [3.05, 3.63) is 28.8 Å². The molecule has 0 spiro atoms. The molecule has 98 valence electrons. The van der Waals surface area contributed by atoms with E-state index in [0.29, 0.717) is 29.5 Å². The van der Waals surface area contributed by atoms with Crippen LogP contribution in [0.4, 0.5) is 0 Å². The lowest BCUT2D eigenvalue weighted by atomic mass is 10.1. The molecule has 1 aromatic rings. The SMILES string of the molecule is CCN(CCC(N)=S)C(=O)c1cc(Cl)ccc1O. The maximum absolute atomic E-state index is 12.2. The third-order valence-corrected chi connectivity index (χ3v) is 2.93. The fourth-order valence-electron chi connectivity index (χ4n) is 1.50. The molecule has 0 aliphatic carbocycles. The molecule has 0 aliphatic heterocycles. The molecule has 18 heavy (non-hydrogen) atoms. The molecule has 1 amide bonds. The third kappa shape index (κ3) is 3.85. The van der Waals surface area contributed by atoms with Crippen molar-refractivity contribution in [1.29, 1.82) is 0 Å². The van der Waals surface area contributed by atoms with Gasteiger partial charge in [-0.05, 0) is 25.1 Å². The van der Waals surface area contributed by atoms with Gasteiger partial charge >= 0.3 is 0 Å². The summed E-state index contributed by atoms with van der Waals surface area (Å²) in [5, 5.41) is 10.1. The summed E-state index contributed by atoms with van der Waals surface area (Å²) in [6.07, 6.45) is 0.455. The van der Waals surface area contributed by atoms with Crippen LogP contribution in [0.5, 0.6) is 5.75 Å². The zero-order chi connectivity index (χ0) is 13.7. The maximum Gasteiger partial charge on any atom is 0.257 e. The number of amides is 1. The molecule has 6 heteroatoms. The topological polar surface area (TPSA) is 66.6 Å². The predicted octanol–water partition coefficient (Wildman–Crippen LogP) is 2.18. The number of phenolic OH excluding ortho intramolecular Hbond substituents is 1. The molecule has 0 atom stereocenters. The molecule has 4 nitrogen and oxygen atoms in total. The molecule has 1 aromatic carbocycles. The number of thiocarbonyl (C=S) groups is 1. The van der Waals surface area contributed by atoms with Crippen LogP contribution in [-0.4, -0.2) is 34.0 Å². The van der Waals surface area contributed by atoms with Crippen LogP contribution in [0.1, 0.15) is 23.7 Å². The standard InChI is InChI=1S/C12H15ClN2O2S/c1-2-15(6-5-11(14)18)12(17)9-7-8(13)3-4-10(9)16/h3-4,7,16H,2,5-6H2,1H3,(H2,14,18). The summed E-state index contributed by atoms with van der Waals surface area (Å²) in [4.78, 5) is 14.1. The Balaban J connectivity index is 2.89. The van der Waals surface area contributed by atoms with E-state index < -0.39 is 0 Å². The first-order chi connectivity index (χ1) is 8.45. The van der Waals surface area contributed by atoms with Crippen molar-refractivity contribution < 1.29 is 9.90 Å².